The molecular formula is C21H21N3O2. The Morgan fingerprint density at radius 1 is 1.00 bits per heavy atom. The van der Waals surface area contributed by atoms with Gasteiger partial charge in [0.25, 0.3) is 5.91 Å². The third-order valence-electron chi connectivity index (χ3n) is 3.78. The van der Waals surface area contributed by atoms with Gasteiger partial charge < -0.3 is 15.4 Å². The van der Waals surface area contributed by atoms with Crippen molar-refractivity contribution in [3.05, 3.63) is 84.1 Å². The number of ether oxygens (including phenoxy) is 1. The average Bonchev–Trinajstić information content (AvgIpc) is 2.69. The molecule has 0 bridgehead atoms. The van der Waals surface area contributed by atoms with Crippen LogP contribution in [0.2, 0.25) is 0 Å². The lowest BCUT2D eigenvalue weighted by molar-refractivity contribution is 0.102. The summed E-state index contributed by atoms with van der Waals surface area (Å²) in [6, 6.07) is 21.0. The van der Waals surface area contributed by atoms with Gasteiger partial charge in [-0.3, -0.25) is 4.79 Å². The maximum atomic E-state index is 12.4. The lowest BCUT2D eigenvalue weighted by atomic mass is 10.2. The summed E-state index contributed by atoms with van der Waals surface area (Å²) >= 11 is 0. The van der Waals surface area contributed by atoms with Gasteiger partial charge in [-0.2, -0.15) is 0 Å². The molecule has 132 valence electrons. The van der Waals surface area contributed by atoms with E-state index in [9.17, 15) is 4.79 Å². The number of carbonyl (C=O) groups is 1. The molecule has 0 unspecified atom stereocenters. The van der Waals surface area contributed by atoms with Crippen LogP contribution in [0.15, 0.2) is 72.9 Å². The van der Waals surface area contributed by atoms with Crippen molar-refractivity contribution in [2.45, 2.75) is 13.5 Å². The molecule has 0 aliphatic heterocycles. The van der Waals surface area contributed by atoms with E-state index in [1.54, 1.807) is 18.3 Å². The molecule has 0 fully saturated rings. The van der Waals surface area contributed by atoms with E-state index < -0.39 is 0 Å². The maximum absolute atomic E-state index is 12.4. The normalized spacial score (nSPS) is 10.2. The molecule has 1 aromatic heterocycles. The Bertz CT molecular complexity index is 849. The van der Waals surface area contributed by atoms with E-state index in [0.717, 1.165) is 5.82 Å². The van der Waals surface area contributed by atoms with Crippen molar-refractivity contribution in [1.82, 2.24) is 4.98 Å². The average molecular weight is 347 g/mol. The Labute approximate surface area is 153 Å². The molecule has 5 nitrogen and oxygen atoms in total. The molecule has 1 heterocycles. The molecule has 0 saturated heterocycles. The van der Waals surface area contributed by atoms with Crippen LogP contribution in [-0.2, 0) is 6.54 Å². The van der Waals surface area contributed by atoms with Crippen LogP contribution >= 0.6 is 0 Å². The highest BCUT2D eigenvalue weighted by Crippen LogP contribution is 2.24. The SMILES string of the molecule is CCOc1ccccc1NC(=O)c1ccc(NCc2ccccc2)nc1. The van der Waals surface area contributed by atoms with Gasteiger partial charge in [-0.15, -0.1) is 0 Å². The van der Waals surface area contributed by atoms with Crippen LogP contribution in [0.4, 0.5) is 11.5 Å². The van der Waals surface area contributed by atoms with Crippen molar-refractivity contribution < 1.29 is 9.53 Å². The summed E-state index contributed by atoms with van der Waals surface area (Å²) < 4.78 is 5.53. The van der Waals surface area contributed by atoms with E-state index in [2.05, 4.69) is 15.6 Å². The standard InChI is InChI=1S/C21H21N3O2/c1-2-26-19-11-7-6-10-18(19)24-21(25)17-12-13-20(23-15-17)22-14-16-8-4-3-5-9-16/h3-13,15H,2,14H2,1H3,(H,22,23)(H,24,25). The smallest absolute Gasteiger partial charge is 0.257 e. The number of carbonyl (C=O) groups excluding carboxylic acids is 1. The van der Waals surface area contributed by atoms with Crippen LogP contribution in [0.25, 0.3) is 0 Å². The van der Waals surface area contributed by atoms with Gasteiger partial charge in [0.05, 0.1) is 17.9 Å². The van der Waals surface area contributed by atoms with Crippen LogP contribution in [0.5, 0.6) is 5.75 Å². The lowest BCUT2D eigenvalue weighted by Gasteiger charge is -2.11. The minimum absolute atomic E-state index is 0.223. The molecule has 0 radical (unpaired) electrons. The molecule has 2 N–H and O–H groups in total. The fraction of sp³-hybridized carbons (Fsp3) is 0.143. The van der Waals surface area contributed by atoms with Crippen molar-refractivity contribution in [2.75, 3.05) is 17.2 Å². The zero-order chi connectivity index (χ0) is 18.2. The first-order chi connectivity index (χ1) is 12.8. The first-order valence-electron chi connectivity index (χ1n) is 8.53. The Morgan fingerprint density at radius 3 is 2.50 bits per heavy atom. The van der Waals surface area contributed by atoms with Gasteiger partial charge in [0, 0.05) is 12.7 Å². The summed E-state index contributed by atoms with van der Waals surface area (Å²) in [6.45, 7) is 3.13. The number of aromatic nitrogens is 1. The number of hydrogen-bond acceptors (Lipinski definition) is 4. The molecule has 0 atom stereocenters. The molecule has 2 aromatic carbocycles. The summed E-state index contributed by atoms with van der Waals surface area (Å²) in [4.78, 5) is 16.7. The highest BCUT2D eigenvalue weighted by atomic mass is 16.5. The second-order valence-electron chi connectivity index (χ2n) is 5.65. The largest absolute Gasteiger partial charge is 0.492 e. The molecule has 0 aliphatic carbocycles. The van der Waals surface area contributed by atoms with Crippen molar-refractivity contribution >= 4 is 17.4 Å². The Balaban J connectivity index is 1.62. The quantitative estimate of drug-likeness (QED) is 0.667. The number of anilines is 2. The van der Waals surface area contributed by atoms with Gasteiger partial charge in [-0.05, 0) is 36.8 Å². The highest BCUT2D eigenvalue weighted by Gasteiger charge is 2.10. The number of nitrogens with zero attached hydrogens (tertiary/aromatic N) is 1. The van der Waals surface area contributed by atoms with Gasteiger partial charge in [0.2, 0.25) is 0 Å². The van der Waals surface area contributed by atoms with Crippen molar-refractivity contribution in [3.63, 3.8) is 0 Å². The Morgan fingerprint density at radius 2 is 1.77 bits per heavy atom. The van der Waals surface area contributed by atoms with Crippen molar-refractivity contribution in [3.8, 4) is 5.75 Å². The van der Waals surface area contributed by atoms with Gasteiger partial charge in [0.15, 0.2) is 0 Å². The number of pyridine rings is 1. The van der Waals surface area contributed by atoms with Gasteiger partial charge in [-0.1, -0.05) is 42.5 Å². The third kappa shape index (κ3) is 4.60. The highest BCUT2D eigenvalue weighted by molar-refractivity contribution is 6.04. The predicted molar refractivity (Wildman–Crippen MR) is 104 cm³/mol. The lowest BCUT2D eigenvalue weighted by Crippen LogP contribution is -2.13. The van der Waals surface area contributed by atoms with Gasteiger partial charge in [0.1, 0.15) is 11.6 Å². The van der Waals surface area contributed by atoms with Crippen LogP contribution in [-0.4, -0.2) is 17.5 Å². The van der Waals surface area contributed by atoms with E-state index in [1.807, 2.05) is 61.5 Å². The first kappa shape index (κ1) is 17.5. The molecule has 0 aliphatic rings. The Hall–Kier alpha value is -3.34. The molecule has 26 heavy (non-hydrogen) atoms. The van der Waals surface area contributed by atoms with E-state index in [-0.39, 0.29) is 5.91 Å². The maximum Gasteiger partial charge on any atom is 0.257 e. The number of nitrogens with one attached hydrogen (secondary N) is 2. The zero-order valence-electron chi connectivity index (χ0n) is 14.6. The van der Waals surface area contributed by atoms with E-state index in [1.165, 1.54) is 5.56 Å². The summed E-state index contributed by atoms with van der Waals surface area (Å²) in [7, 11) is 0. The molecule has 5 heteroatoms. The number of hydrogen-bond donors (Lipinski definition) is 2. The molecule has 1 amide bonds. The zero-order valence-corrected chi connectivity index (χ0v) is 14.6. The van der Waals surface area contributed by atoms with Crippen LogP contribution in [0.1, 0.15) is 22.8 Å². The van der Waals surface area contributed by atoms with E-state index >= 15 is 0 Å². The summed E-state index contributed by atoms with van der Waals surface area (Å²) in [5.74, 6) is 1.15. The van der Waals surface area contributed by atoms with Crippen LogP contribution in [0, 0.1) is 0 Å². The fourth-order valence-electron chi connectivity index (χ4n) is 2.47. The Kier molecular flexibility index (Phi) is 5.83. The summed E-state index contributed by atoms with van der Waals surface area (Å²) in [6.07, 6.45) is 1.56. The molecular weight excluding hydrogens is 326 g/mol. The molecule has 0 spiro atoms. The topological polar surface area (TPSA) is 63.2 Å². The number of benzene rings is 2. The number of amides is 1. The summed E-state index contributed by atoms with van der Waals surface area (Å²) in [5, 5.41) is 6.10. The number of para-hydroxylation sites is 2. The monoisotopic (exact) mass is 347 g/mol. The molecule has 3 rings (SSSR count). The molecule has 3 aromatic rings. The van der Waals surface area contributed by atoms with Crippen molar-refractivity contribution in [1.29, 1.82) is 0 Å². The van der Waals surface area contributed by atoms with Gasteiger partial charge >= 0.3 is 0 Å². The molecule has 0 saturated carbocycles. The number of rotatable bonds is 7. The van der Waals surface area contributed by atoms with Crippen molar-refractivity contribution in [2.24, 2.45) is 0 Å². The van der Waals surface area contributed by atoms with E-state index in [4.69, 9.17) is 4.74 Å². The van der Waals surface area contributed by atoms with Crippen LogP contribution in [0.3, 0.4) is 0 Å². The first-order valence-corrected chi connectivity index (χ1v) is 8.53. The van der Waals surface area contributed by atoms with E-state index in [0.29, 0.717) is 30.2 Å². The second-order valence-corrected chi connectivity index (χ2v) is 5.65. The second kappa shape index (κ2) is 8.67. The third-order valence-corrected chi connectivity index (χ3v) is 3.78. The van der Waals surface area contributed by atoms with Crippen LogP contribution < -0.4 is 15.4 Å². The minimum atomic E-state index is -0.223. The summed E-state index contributed by atoms with van der Waals surface area (Å²) in [5.41, 5.74) is 2.30. The predicted octanol–water partition coefficient (Wildman–Crippen LogP) is 4.34. The minimum Gasteiger partial charge on any atom is -0.492 e. The fourth-order valence-corrected chi connectivity index (χ4v) is 2.47. The van der Waals surface area contributed by atoms with Gasteiger partial charge in [-0.25, -0.2) is 4.98 Å².